The van der Waals surface area contributed by atoms with E-state index in [0.29, 0.717) is 45.0 Å². The first-order valence-corrected chi connectivity index (χ1v) is 10.9. The molecule has 0 spiro atoms. The van der Waals surface area contributed by atoms with Crippen LogP contribution < -0.4 is 5.32 Å². The number of fused-ring (bicyclic) bond motifs is 1. The average molecular weight is 428 g/mol. The van der Waals surface area contributed by atoms with Gasteiger partial charge < -0.3 is 19.9 Å². The molecular formula is C21H25N5O3S. The van der Waals surface area contributed by atoms with Crippen molar-refractivity contribution in [2.24, 2.45) is 0 Å². The van der Waals surface area contributed by atoms with E-state index in [4.69, 9.17) is 4.74 Å². The zero-order valence-corrected chi connectivity index (χ0v) is 17.7. The number of hydrogen-bond donors (Lipinski definition) is 1. The molecule has 1 fully saturated rings. The molecule has 2 amide bonds. The zero-order chi connectivity index (χ0) is 20.9. The van der Waals surface area contributed by atoms with Crippen molar-refractivity contribution in [2.45, 2.75) is 13.0 Å². The van der Waals surface area contributed by atoms with Crippen molar-refractivity contribution in [1.29, 1.82) is 0 Å². The maximum Gasteiger partial charge on any atom is 0.409 e. The van der Waals surface area contributed by atoms with E-state index in [0.717, 1.165) is 17.1 Å². The van der Waals surface area contributed by atoms with Crippen LogP contribution in [0, 0.1) is 0 Å². The van der Waals surface area contributed by atoms with Crippen molar-refractivity contribution in [1.82, 2.24) is 24.5 Å². The number of benzene rings is 1. The lowest BCUT2D eigenvalue weighted by Gasteiger charge is -2.17. The van der Waals surface area contributed by atoms with Gasteiger partial charge in [-0.1, -0.05) is 30.3 Å². The maximum absolute atomic E-state index is 13.1. The summed E-state index contributed by atoms with van der Waals surface area (Å²) < 4.78 is 6.90. The molecule has 158 valence electrons. The summed E-state index contributed by atoms with van der Waals surface area (Å²) in [5.41, 5.74) is 2.52. The Labute approximate surface area is 179 Å². The van der Waals surface area contributed by atoms with Gasteiger partial charge in [-0.05, 0) is 12.0 Å². The number of nitrogens with one attached hydrogen (secondary N) is 1. The second-order valence-electron chi connectivity index (χ2n) is 7.20. The van der Waals surface area contributed by atoms with Crippen LogP contribution in [0.3, 0.4) is 0 Å². The van der Waals surface area contributed by atoms with E-state index >= 15 is 0 Å². The fourth-order valence-electron chi connectivity index (χ4n) is 3.45. The molecule has 0 atom stereocenters. The first-order chi connectivity index (χ1) is 14.6. The highest BCUT2D eigenvalue weighted by atomic mass is 32.1. The van der Waals surface area contributed by atoms with Crippen molar-refractivity contribution in [3.63, 3.8) is 0 Å². The van der Waals surface area contributed by atoms with Crippen molar-refractivity contribution in [3.05, 3.63) is 58.9 Å². The largest absolute Gasteiger partial charge is 0.448 e. The van der Waals surface area contributed by atoms with Crippen LogP contribution in [0.25, 0.3) is 4.96 Å². The number of cyclic esters (lactones) is 1. The van der Waals surface area contributed by atoms with Crippen molar-refractivity contribution >= 4 is 28.3 Å². The van der Waals surface area contributed by atoms with Gasteiger partial charge in [-0.25, -0.2) is 9.78 Å². The molecule has 3 heterocycles. The maximum atomic E-state index is 13.1. The molecule has 30 heavy (non-hydrogen) atoms. The van der Waals surface area contributed by atoms with Gasteiger partial charge in [-0.2, -0.15) is 0 Å². The molecular weight excluding hydrogens is 402 g/mol. The molecule has 1 aliphatic heterocycles. The van der Waals surface area contributed by atoms with E-state index in [-0.39, 0.29) is 12.0 Å². The first kappa shape index (κ1) is 20.4. The fourth-order valence-corrected chi connectivity index (χ4v) is 4.18. The third-order valence-corrected chi connectivity index (χ3v) is 5.94. The molecule has 0 aliphatic carbocycles. The lowest BCUT2D eigenvalue weighted by molar-refractivity contribution is 0.0790. The second kappa shape index (κ2) is 9.27. The molecule has 1 aromatic carbocycles. The predicted molar refractivity (Wildman–Crippen MR) is 115 cm³/mol. The number of imidazole rings is 1. The van der Waals surface area contributed by atoms with E-state index in [1.807, 2.05) is 41.2 Å². The number of rotatable bonds is 9. The molecule has 2 aromatic heterocycles. The number of likely N-dealkylation sites (N-methyl/N-ethyl adjacent to an activating group) is 1. The van der Waals surface area contributed by atoms with E-state index in [1.54, 1.807) is 9.80 Å². The average Bonchev–Trinajstić information content (AvgIpc) is 3.46. The van der Waals surface area contributed by atoms with Gasteiger partial charge in [0.1, 0.15) is 6.61 Å². The topological polar surface area (TPSA) is 79.2 Å². The third-order valence-electron chi connectivity index (χ3n) is 5.18. The van der Waals surface area contributed by atoms with Crippen LogP contribution in [0.1, 0.15) is 21.7 Å². The summed E-state index contributed by atoms with van der Waals surface area (Å²) in [5.74, 6) is -0.0817. The van der Waals surface area contributed by atoms with Gasteiger partial charge in [0.25, 0.3) is 5.91 Å². The van der Waals surface area contributed by atoms with Crippen LogP contribution in [0.4, 0.5) is 4.79 Å². The van der Waals surface area contributed by atoms with Crippen LogP contribution in [0.2, 0.25) is 0 Å². The summed E-state index contributed by atoms with van der Waals surface area (Å²) in [6.07, 6.45) is 2.46. The number of thiazole rings is 1. The summed E-state index contributed by atoms with van der Waals surface area (Å²) >= 11 is 1.51. The second-order valence-corrected chi connectivity index (χ2v) is 8.08. The molecule has 8 nitrogen and oxygen atoms in total. The van der Waals surface area contributed by atoms with E-state index < -0.39 is 0 Å². The SMILES string of the molecule is CN(CCc1ccccc1)C(=O)c1nc2sccn2c1CNCCN1CCOC1=O. The molecule has 4 rings (SSSR count). The molecule has 0 bridgehead atoms. The minimum atomic E-state index is -0.266. The molecule has 0 unspecified atom stereocenters. The van der Waals surface area contributed by atoms with Crippen LogP contribution in [0.5, 0.6) is 0 Å². The van der Waals surface area contributed by atoms with Gasteiger partial charge in [0, 0.05) is 44.8 Å². The van der Waals surface area contributed by atoms with Crippen LogP contribution in [-0.4, -0.2) is 71.0 Å². The molecule has 1 saturated heterocycles. The standard InChI is InChI=1S/C21H25N5O3S/c1-24(9-7-16-5-3-2-4-6-16)19(27)18-17(26-12-14-30-20(26)23-18)15-22-8-10-25-11-13-29-21(25)28/h2-6,12,14,22H,7-11,13,15H2,1H3. The van der Waals surface area contributed by atoms with Gasteiger partial charge in [-0.3, -0.25) is 9.20 Å². The normalized spacial score (nSPS) is 13.8. The highest BCUT2D eigenvalue weighted by molar-refractivity contribution is 7.15. The van der Waals surface area contributed by atoms with Crippen molar-refractivity contribution in [3.8, 4) is 0 Å². The van der Waals surface area contributed by atoms with Crippen LogP contribution >= 0.6 is 11.3 Å². The van der Waals surface area contributed by atoms with E-state index in [9.17, 15) is 9.59 Å². The first-order valence-electron chi connectivity index (χ1n) is 9.99. The number of carbonyl (C=O) groups is 2. The summed E-state index contributed by atoms with van der Waals surface area (Å²) in [4.78, 5) is 33.4. The van der Waals surface area contributed by atoms with Gasteiger partial charge >= 0.3 is 6.09 Å². The molecule has 1 N–H and O–H groups in total. The van der Waals surface area contributed by atoms with Crippen molar-refractivity contribution in [2.75, 3.05) is 39.8 Å². The summed E-state index contributed by atoms with van der Waals surface area (Å²) in [7, 11) is 1.81. The van der Waals surface area contributed by atoms with E-state index in [2.05, 4.69) is 22.4 Å². The lowest BCUT2D eigenvalue weighted by atomic mass is 10.1. The Kier molecular flexibility index (Phi) is 6.29. The molecule has 1 aliphatic rings. The Bertz CT molecular complexity index is 1020. The fraction of sp³-hybridized carbons (Fsp3) is 0.381. The Morgan fingerprint density at radius 2 is 2.17 bits per heavy atom. The van der Waals surface area contributed by atoms with Gasteiger partial charge in [0.05, 0.1) is 12.2 Å². The lowest BCUT2D eigenvalue weighted by Crippen LogP contribution is -2.33. The number of carbonyl (C=O) groups excluding carboxylic acids is 2. The Balaban J connectivity index is 1.39. The minimum absolute atomic E-state index is 0.0817. The number of amides is 2. The number of ether oxygens (including phenoxy) is 1. The number of hydrogen-bond acceptors (Lipinski definition) is 6. The highest BCUT2D eigenvalue weighted by Gasteiger charge is 2.23. The third kappa shape index (κ3) is 4.47. The molecule has 0 saturated carbocycles. The van der Waals surface area contributed by atoms with Crippen LogP contribution in [0.15, 0.2) is 41.9 Å². The van der Waals surface area contributed by atoms with Crippen molar-refractivity contribution < 1.29 is 14.3 Å². The zero-order valence-electron chi connectivity index (χ0n) is 16.9. The van der Waals surface area contributed by atoms with Crippen LogP contribution in [-0.2, 0) is 17.7 Å². The van der Waals surface area contributed by atoms with E-state index in [1.165, 1.54) is 16.9 Å². The smallest absolute Gasteiger partial charge is 0.409 e. The molecule has 3 aromatic rings. The van der Waals surface area contributed by atoms with Gasteiger partial charge in [0.15, 0.2) is 10.7 Å². The predicted octanol–water partition coefficient (Wildman–Crippen LogP) is 2.25. The Morgan fingerprint density at radius 1 is 1.33 bits per heavy atom. The molecule has 9 heteroatoms. The minimum Gasteiger partial charge on any atom is -0.448 e. The highest BCUT2D eigenvalue weighted by Crippen LogP contribution is 2.19. The summed E-state index contributed by atoms with van der Waals surface area (Å²) in [6.45, 7) is 3.38. The van der Waals surface area contributed by atoms with Gasteiger partial charge in [-0.15, -0.1) is 11.3 Å². The monoisotopic (exact) mass is 427 g/mol. The number of nitrogens with zero attached hydrogens (tertiary/aromatic N) is 4. The Hall–Kier alpha value is -2.91. The van der Waals surface area contributed by atoms with Gasteiger partial charge in [0.2, 0.25) is 0 Å². The summed E-state index contributed by atoms with van der Waals surface area (Å²) in [5, 5.41) is 5.29. The quantitative estimate of drug-likeness (QED) is 0.530. The number of aromatic nitrogens is 2. The summed E-state index contributed by atoms with van der Waals surface area (Å²) in [6, 6.07) is 10.1. The molecule has 0 radical (unpaired) electrons. The Morgan fingerprint density at radius 3 is 2.93 bits per heavy atom.